The van der Waals surface area contributed by atoms with Crippen molar-refractivity contribution in [3.8, 4) is 0 Å². The molecule has 0 saturated carbocycles. The maximum absolute atomic E-state index is 4.69. The number of thiazole rings is 1. The topological polar surface area (TPSA) is 41.1 Å². The van der Waals surface area contributed by atoms with Gasteiger partial charge >= 0.3 is 0 Å². The van der Waals surface area contributed by atoms with Crippen LogP contribution in [0.25, 0.3) is 0 Å². The quantitative estimate of drug-likeness (QED) is 0.814. The van der Waals surface area contributed by atoms with Crippen molar-refractivity contribution in [1.82, 2.24) is 20.2 Å². The van der Waals surface area contributed by atoms with Crippen molar-refractivity contribution < 1.29 is 0 Å². The van der Waals surface area contributed by atoms with Crippen molar-refractivity contribution in [2.45, 2.75) is 33.5 Å². The third kappa shape index (κ3) is 5.91. The first-order chi connectivity index (χ1) is 10.1. The summed E-state index contributed by atoms with van der Waals surface area (Å²) in [6.45, 7) is 8.14. The van der Waals surface area contributed by atoms with Crippen LogP contribution in [0.15, 0.2) is 29.9 Å². The van der Waals surface area contributed by atoms with Crippen molar-refractivity contribution in [2.75, 3.05) is 13.6 Å². The van der Waals surface area contributed by atoms with Crippen LogP contribution in [-0.2, 0) is 19.6 Å². The Morgan fingerprint density at radius 2 is 2.00 bits per heavy atom. The standard InChI is InChI=1S/C16H24N4S/c1-13(2)8-18-9-16-19-15(12-21-16)11-20(3)10-14-4-6-17-7-5-14/h4-7,12-13,18H,8-11H2,1-3H3. The first kappa shape index (κ1) is 16.1. The lowest BCUT2D eigenvalue weighted by Crippen LogP contribution is -2.19. The number of pyridine rings is 1. The van der Waals surface area contributed by atoms with E-state index < -0.39 is 0 Å². The number of rotatable bonds is 8. The van der Waals surface area contributed by atoms with Crippen LogP contribution < -0.4 is 5.32 Å². The van der Waals surface area contributed by atoms with Gasteiger partial charge in [-0.25, -0.2) is 4.98 Å². The molecule has 0 aromatic carbocycles. The van der Waals surface area contributed by atoms with Gasteiger partial charge in [0.05, 0.1) is 5.69 Å². The molecule has 0 aliphatic heterocycles. The van der Waals surface area contributed by atoms with Crippen LogP contribution in [0, 0.1) is 5.92 Å². The molecular weight excluding hydrogens is 280 g/mol. The lowest BCUT2D eigenvalue weighted by molar-refractivity contribution is 0.315. The molecule has 21 heavy (non-hydrogen) atoms. The highest BCUT2D eigenvalue weighted by atomic mass is 32.1. The van der Waals surface area contributed by atoms with E-state index in [1.807, 2.05) is 12.4 Å². The largest absolute Gasteiger partial charge is 0.310 e. The minimum absolute atomic E-state index is 0.677. The molecule has 4 nitrogen and oxygen atoms in total. The maximum Gasteiger partial charge on any atom is 0.107 e. The van der Waals surface area contributed by atoms with Gasteiger partial charge in [-0.2, -0.15) is 0 Å². The molecule has 2 rings (SSSR count). The van der Waals surface area contributed by atoms with Gasteiger partial charge in [0.2, 0.25) is 0 Å². The van der Waals surface area contributed by atoms with E-state index in [4.69, 9.17) is 4.98 Å². The minimum Gasteiger partial charge on any atom is -0.310 e. The summed E-state index contributed by atoms with van der Waals surface area (Å²) >= 11 is 1.74. The Hall–Kier alpha value is -1.30. The first-order valence-corrected chi connectivity index (χ1v) is 8.23. The van der Waals surface area contributed by atoms with Crippen molar-refractivity contribution in [3.63, 3.8) is 0 Å². The smallest absolute Gasteiger partial charge is 0.107 e. The average molecular weight is 304 g/mol. The molecule has 2 aromatic heterocycles. The van der Waals surface area contributed by atoms with Crippen LogP contribution >= 0.6 is 11.3 Å². The zero-order chi connectivity index (χ0) is 15.1. The number of nitrogens with one attached hydrogen (secondary N) is 1. The maximum atomic E-state index is 4.69. The van der Waals surface area contributed by atoms with Crippen molar-refractivity contribution in [1.29, 1.82) is 0 Å². The van der Waals surface area contributed by atoms with Crippen LogP contribution in [0.3, 0.4) is 0 Å². The van der Waals surface area contributed by atoms with Gasteiger partial charge in [-0.05, 0) is 37.2 Å². The number of hydrogen-bond acceptors (Lipinski definition) is 5. The van der Waals surface area contributed by atoms with E-state index in [1.165, 1.54) is 10.6 Å². The van der Waals surface area contributed by atoms with Crippen molar-refractivity contribution >= 4 is 11.3 Å². The SMILES string of the molecule is CC(C)CNCc1nc(CN(C)Cc2ccncc2)cs1. The molecule has 0 unspecified atom stereocenters. The summed E-state index contributed by atoms with van der Waals surface area (Å²) in [4.78, 5) is 11.0. The Morgan fingerprint density at radius 3 is 2.71 bits per heavy atom. The molecule has 2 aromatic rings. The third-order valence-electron chi connectivity index (χ3n) is 3.06. The molecule has 2 heterocycles. The van der Waals surface area contributed by atoms with Gasteiger partial charge in [0.15, 0.2) is 0 Å². The number of hydrogen-bond donors (Lipinski definition) is 1. The Morgan fingerprint density at radius 1 is 1.24 bits per heavy atom. The fourth-order valence-electron chi connectivity index (χ4n) is 2.10. The monoisotopic (exact) mass is 304 g/mol. The molecule has 0 aliphatic carbocycles. The summed E-state index contributed by atoms with van der Waals surface area (Å²) in [6.07, 6.45) is 3.68. The molecule has 1 N–H and O–H groups in total. The Labute approximate surface area is 131 Å². The predicted octanol–water partition coefficient (Wildman–Crippen LogP) is 2.92. The van der Waals surface area contributed by atoms with Gasteiger partial charge in [-0.3, -0.25) is 9.88 Å². The van der Waals surface area contributed by atoms with E-state index in [1.54, 1.807) is 11.3 Å². The molecule has 0 amide bonds. The second-order valence-electron chi connectivity index (χ2n) is 5.79. The van der Waals surface area contributed by atoms with E-state index in [2.05, 4.69) is 53.6 Å². The Bertz CT molecular complexity index is 524. The van der Waals surface area contributed by atoms with Gasteiger partial charge in [0, 0.05) is 37.4 Å². The van der Waals surface area contributed by atoms with Gasteiger partial charge in [-0.15, -0.1) is 11.3 Å². The second kappa shape index (κ2) is 8.22. The highest BCUT2D eigenvalue weighted by Gasteiger charge is 2.06. The van der Waals surface area contributed by atoms with Crippen LogP contribution in [0.4, 0.5) is 0 Å². The Kier molecular flexibility index (Phi) is 6.29. The van der Waals surface area contributed by atoms with E-state index in [0.29, 0.717) is 5.92 Å². The molecule has 0 radical (unpaired) electrons. The van der Waals surface area contributed by atoms with Crippen LogP contribution in [0.2, 0.25) is 0 Å². The second-order valence-corrected chi connectivity index (χ2v) is 6.73. The molecule has 5 heteroatoms. The summed E-state index contributed by atoms with van der Waals surface area (Å²) in [5, 5.41) is 6.77. The highest BCUT2D eigenvalue weighted by molar-refractivity contribution is 7.09. The van der Waals surface area contributed by atoms with E-state index in [9.17, 15) is 0 Å². The lowest BCUT2D eigenvalue weighted by atomic mass is 10.2. The molecule has 114 valence electrons. The van der Waals surface area contributed by atoms with E-state index >= 15 is 0 Å². The normalized spacial score (nSPS) is 11.5. The summed E-state index contributed by atoms with van der Waals surface area (Å²) in [5.74, 6) is 0.677. The summed E-state index contributed by atoms with van der Waals surface area (Å²) < 4.78 is 0. The summed E-state index contributed by atoms with van der Waals surface area (Å²) in [5.41, 5.74) is 2.43. The van der Waals surface area contributed by atoms with Crippen LogP contribution in [0.5, 0.6) is 0 Å². The van der Waals surface area contributed by atoms with Crippen LogP contribution in [0.1, 0.15) is 30.1 Å². The fourth-order valence-corrected chi connectivity index (χ4v) is 2.86. The molecule has 0 spiro atoms. The predicted molar refractivity (Wildman–Crippen MR) is 88.1 cm³/mol. The lowest BCUT2D eigenvalue weighted by Gasteiger charge is -2.15. The Balaban J connectivity index is 1.79. The van der Waals surface area contributed by atoms with Gasteiger partial charge in [0.25, 0.3) is 0 Å². The highest BCUT2D eigenvalue weighted by Crippen LogP contribution is 2.12. The molecular formula is C16H24N4S. The number of nitrogens with zero attached hydrogens (tertiary/aromatic N) is 3. The zero-order valence-electron chi connectivity index (χ0n) is 13.0. The third-order valence-corrected chi connectivity index (χ3v) is 3.96. The molecule has 0 saturated heterocycles. The van der Waals surface area contributed by atoms with Gasteiger partial charge in [-0.1, -0.05) is 13.8 Å². The molecule has 0 atom stereocenters. The number of aromatic nitrogens is 2. The van der Waals surface area contributed by atoms with E-state index in [-0.39, 0.29) is 0 Å². The molecule has 0 aliphatic rings. The minimum atomic E-state index is 0.677. The molecule has 0 fully saturated rings. The summed E-state index contributed by atoms with van der Waals surface area (Å²) in [7, 11) is 2.12. The molecule has 0 bridgehead atoms. The van der Waals surface area contributed by atoms with Gasteiger partial charge < -0.3 is 5.32 Å². The first-order valence-electron chi connectivity index (χ1n) is 7.35. The van der Waals surface area contributed by atoms with Crippen LogP contribution in [-0.4, -0.2) is 28.5 Å². The van der Waals surface area contributed by atoms with Gasteiger partial charge in [0.1, 0.15) is 5.01 Å². The average Bonchev–Trinajstić information content (AvgIpc) is 2.86. The fraction of sp³-hybridized carbons (Fsp3) is 0.500. The van der Waals surface area contributed by atoms with Crippen molar-refractivity contribution in [3.05, 3.63) is 46.2 Å². The van der Waals surface area contributed by atoms with E-state index in [0.717, 1.165) is 31.9 Å². The zero-order valence-corrected chi connectivity index (χ0v) is 13.9. The summed E-state index contributed by atoms with van der Waals surface area (Å²) in [6, 6.07) is 4.11. The van der Waals surface area contributed by atoms with Crippen molar-refractivity contribution in [2.24, 2.45) is 5.92 Å².